The minimum atomic E-state index is 0.438. The summed E-state index contributed by atoms with van der Waals surface area (Å²) in [5.74, 6) is 0. The monoisotopic (exact) mass is 322 g/mol. The summed E-state index contributed by atoms with van der Waals surface area (Å²) >= 11 is 20.9. The van der Waals surface area contributed by atoms with Crippen LogP contribution in [0.1, 0.15) is 0 Å². The molecule has 0 N–H and O–H groups in total. The van der Waals surface area contributed by atoms with E-state index in [9.17, 15) is 0 Å². The number of halogens is 4. The van der Waals surface area contributed by atoms with E-state index in [0.717, 1.165) is 0 Å². The summed E-state index contributed by atoms with van der Waals surface area (Å²) in [5, 5.41) is 1.41. The van der Waals surface area contributed by atoms with Gasteiger partial charge in [0.15, 0.2) is 0 Å². The van der Waals surface area contributed by atoms with Crippen LogP contribution in [0.2, 0.25) is 15.1 Å². The maximum absolute atomic E-state index is 5.56. The minimum absolute atomic E-state index is 0.438. The van der Waals surface area contributed by atoms with Crippen LogP contribution in [0.5, 0.6) is 0 Å². The average molecular weight is 326 g/mol. The van der Waals surface area contributed by atoms with Gasteiger partial charge < -0.3 is 0 Å². The van der Waals surface area contributed by atoms with Crippen LogP contribution in [0, 0.1) is 6.07 Å². The first-order valence-corrected chi connectivity index (χ1v) is 10.6. The molecule has 0 fully saturated rings. The van der Waals surface area contributed by atoms with Crippen molar-refractivity contribution >= 4 is 48.4 Å². The summed E-state index contributed by atoms with van der Waals surface area (Å²) in [5.41, 5.74) is 0. The van der Waals surface area contributed by atoms with E-state index in [-0.39, 0.29) is 0 Å². The Morgan fingerprint density at radius 2 is 1.45 bits per heavy atom. The molecule has 0 aromatic heterocycles. The first kappa shape index (κ1) is 12.2. The van der Waals surface area contributed by atoms with Gasteiger partial charge in [0, 0.05) is 0 Å². The second-order valence-electron chi connectivity index (χ2n) is 1.49. The van der Waals surface area contributed by atoms with Crippen molar-refractivity contribution in [1.29, 1.82) is 0 Å². The van der Waals surface area contributed by atoms with E-state index in [1.165, 1.54) is 16.3 Å². The predicted molar refractivity (Wildman–Crippen MR) is 49.2 cm³/mol. The molecule has 0 heterocycles. The van der Waals surface area contributed by atoms with Gasteiger partial charge in [0.2, 0.25) is 0 Å². The number of benzene rings is 1. The summed E-state index contributed by atoms with van der Waals surface area (Å²) in [4.78, 5) is 0. The van der Waals surface area contributed by atoms with Crippen molar-refractivity contribution < 1.29 is 16.3 Å². The zero-order chi connectivity index (χ0) is 8.85. The molecule has 0 radical (unpaired) electrons. The summed E-state index contributed by atoms with van der Waals surface area (Å²) in [7, 11) is 0. The molecule has 1 aromatic carbocycles. The molecule has 0 bridgehead atoms. The molecule has 0 amide bonds. The van der Waals surface area contributed by atoms with Crippen molar-refractivity contribution in [2.45, 2.75) is 0 Å². The van der Waals surface area contributed by atoms with Gasteiger partial charge in [-0.05, 0) is 0 Å². The third kappa shape index (κ3) is 5.43. The summed E-state index contributed by atoms with van der Waals surface area (Å²) in [6, 6.07) is 5.81. The number of hydrogen-bond acceptors (Lipinski definition) is 0. The molecule has 5 heteroatoms. The van der Waals surface area contributed by atoms with Crippen LogP contribution in [0.25, 0.3) is 0 Å². The molecular weight excluding hydrogens is 324 g/mol. The summed E-state index contributed by atoms with van der Waals surface area (Å²) in [6.07, 6.45) is 0. The van der Waals surface area contributed by atoms with Gasteiger partial charge in [0.25, 0.3) is 0 Å². The second kappa shape index (κ2) is 6.68. The van der Waals surface area contributed by atoms with Crippen molar-refractivity contribution in [2.24, 2.45) is 0 Å². The van der Waals surface area contributed by atoms with Gasteiger partial charge in [-0.3, -0.25) is 0 Å². The van der Waals surface area contributed by atoms with Crippen LogP contribution in [0.4, 0.5) is 0 Å². The zero-order valence-electron chi connectivity index (χ0n) is 5.37. The third-order valence-electron chi connectivity index (χ3n) is 0.768. The molecule has 0 nitrogen and oxygen atoms in total. The maximum atomic E-state index is 5.56. The molecule has 0 saturated heterocycles. The molecule has 0 saturated carbocycles. The molecule has 0 atom stereocenters. The Morgan fingerprint density at radius 1 is 1.09 bits per heavy atom. The van der Waals surface area contributed by atoms with Gasteiger partial charge in [0.05, 0.1) is 0 Å². The van der Waals surface area contributed by atoms with Crippen molar-refractivity contribution in [3.63, 3.8) is 0 Å². The van der Waals surface area contributed by atoms with Gasteiger partial charge in [0.1, 0.15) is 0 Å². The van der Waals surface area contributed by atoms with Gasteiger partial charge in [-0.1, -0.05) is 15.1 Å². The van der Waals surface area contributed by atoms with E-state index in [4.69, 9.17) is 34.8 Å². The Labute approximate surface area is 97.2 Å². The normalized spacial score (nSPS) is 8.55. The average Bonchev–Trinajstić information content (AvgIpc) is 1.88. The van der Waals surface area contributed by atoms with Gasteiger partial charge in [-0.25, -0.2) is 0 Å². The van der Waals surface area contributed by atoms with Crippen LogP contribution < -0.4 is 0 Å². The van der Waals surface area contributed by atoms with Crippen LogP contribution in [-0.2, 0) is 16.3 Å². The molecule has 1 rings (SSSR count). The fourth-order valence-corrected chi connectivity index (χ4v) is 1.29. The van der Waals surface area contributed by atoms with Crippen molar-refractivity contribution in [3.8, 4) is 0 Å². The molecule has 0 spiro atoms. The number of rotatable bonds is 0. The molecule has 0 aliphatic rings. The van der Waals surface area contributed by atoms with Gasteiger partial charge in [-0.2, -0.15) is 0 Å². The third-order valence-corrected chi connectivity index (χ3v) is 1.39. The predicted octanol–water partition coefficient (Wildman–Crippen LogP) is 4.29. The molecule has 0 aliphatic carbocycles. The molecule has 0 aliphatic heterocycles. The standard InChI is InChI=1S/C6H2Cl3.BrH.Zn/c7-4-1-5(8)3-6(9)2-4;;/h1-2H;1H;/q-1;;+2/p-1. The van der Waals surface area contributed by atoms with Gasteiger partial charge >= 0.3 is 30.0 Å². The van der Waals surface area contributed by atoms with Crippen LogP contribution in [-0.4, -0.2) is 0 Å². The zero-order valence-corrected chi connectivity index (χ0v) is 12.2. The van der Waals surface area contributed by atoms with Gasteiger partial charge in [-0.15, -0.1) is 53.0 Å². The number of hydrogen-bond donors (Lipinski definition) is 0. The topological polar surface area (TPSA) is 0 Å². The Balaban J connectivity index is 0.000000461. The fourth-order valence-electron chi connectivity index (χ4n) is 0.470. The van der Waals surface area contributed by atoms with E-state index in [0.29, 0.717) is 15.1 Å². The van der Waals surface area contributed by atoms with E-state index in [1.54, 1.807) is 12.1 Å². The SMILES string of the molecule is Clc1[c-]c(Cl)cc(Cl)c1.[Zn+][Br]. The Kier molecular flexibility index (Phi) is 7.41. The quantitative estimate of drug-likeness (QED) is 0.493. The molecule has 56 valence electrons. The molecule has 0 unspecified atom stereocenters. The Bertz CT molecular complexity index is 179. The summed E-state index contributed by atoms with van der Waals surface area (Å²) < 4.78 is 0. The fraction of sp³-hybridized carbons (Fsp3) is 0. The van der Waals surface area contributed by atoms with E-state index >= 15 is 0 Å². The van der Waals surface area contributed by atoms with E-state index in [1.807, 2.05) is 0 Å². The first-order chi connectivity index (χ1) is 5.18. The van der Waals surface area contributed by atoms with Crippen LogP contribution in [0.15, 0.2) is 12.1 Å². The Morgan fingerprint density at radius 3 is 1.73 bits per heavy atom. The summed E-state index contributed by atoms with van der Waals surface area (Å²) in [6.45, 7) is 0. The van der Waals surface area contributed by atoms with E-state index < -0.39 is 0 Å². The second-order valence-corrected chi connectivity index (χ2v) is 2.75. The van der Waals surface area contributed by atoms with Crippen molar-refractivity contribution in [1.82, 2.24) is 0 Å². The molecule has 11 heavy (non-hydrogen) atoms. The molecule has 1 aromatic rings. The van der Waals surface area contributed by atoms with E-state index in [2.05, 4.69) is 19.7 Å². The van der Waals surface area contributed by atoms with Crippen LogP contribution in [0.3, 0.4) is 0 Å². The first-order valence-electron chi connectivity index (χ1n) is 2.49. The van der Waals surface area contributed by atoms with Crippen molar-refractivity contribution in [2.75, 3.05) is 0 Å². The van der Waals surface area contributed by atoms with Crippen molar-refractivity contribution in [3.05, 3.63) is 33.3 Å². The Hall–Kier alpha value is 1.19. The molecular formula is C6H2BrCl3Zn. The van der Waals surface area contributed by atoms with Crippen LogP contribution >= 0.6 is 48.4 Å².